The normalized spacial score (nSPS) is 46.4. The van der Waals surface area contributed by atoms with Crippen LogP contribution < -0.4 is 0 Å². The fraction of sp³-hybridized carbons (Fsp3) is 0.905. The Kier molecular flexibility index (Phi) is 6.78. The average Bonchev–Trinajstić information content (AvgIpc) is 2.70. The maximum Gasteiger partial charge on any atom is 0.187 e. The van der Waals surface area contributed by atoms with Crippen molar-refractivity contribution < 1.29 is 40.1 Å². The second-order valence-electron chi connectivity index (χ2n) is 9.55. The van der Waals surface area contributed by atoms with Crippen LogP contribution in [0.2, 0.25) is 0 Å². The molecule has 0 radical (unpaired) electrons. The first kappa shape index (κ1) is 23.1. The first-order valence-electron chi connectivity index (χ1n) is 10.5. The molecule has 1 saturated heterocycles. The van der Waals surface area contributed by atoms with Crippen LogP contribution in [0.15, 0.2) is 12.2 Å². The lowest BCUT2D eigenvalue weighted by Gasteiger charge is -2.55. The van der Waals surface area contributed by atoms with Crippen molar-refractivity contribution in [1.82, 2.24) is 0 Å². The number of allylic oxidation sites excluding steroid dienone is 1. The molecule has 8 heteroatoms. The van der Waals surface area contributed by atoms with Crippen LogP contribution in [0.5, 0.6) is 0 Å². The number of rotatable bonds is 5. The van der Waals surface area contributed by atoms with E-state index in [0.717, 1.165) is 12.0 Å². The molecule has 0 aromatic heterocycles. The summed E-state index contributed by atoms with van der Waals surface area (Å²) >= 11 is 0. The molecule has 0 bridgehead atoms. The smallest absolute Gasteiger partial charge is 0.187 e. The van der Waals surface area contributed by atoms with Crippen LogP contribution in [0, 0.1) is 17.3 Å². The van der Waals surface area contributed by atoms with E-state index >= 15 is 0 Å². The van der Waals surface area contributed by atoms with E-state index in [-0.39, 0.29) is 18.4 Å². The SMILES string of the molecule is C=C1CC[C@@H](O)[C@]2(CO)CC[C@H](C(C)(C)O[C@@H]3O[C@H](CO)[C@@H](O)[C@H](O)[C@H]3O)C[C@@H]12. The van der Waals surface area contributed by atoms with Gasteiger partial charge in [-0.2, -0.15) is 0 Å². The fourth-order valence-corrected chi connectivity index (χ4v) is 5.50. The molecule has 2 saturated carbocycles. The highest BCUT2D eigenvalue weighted by Crippen LogP contribution is 2.55. The predicted molar refractivity (Wildman–Crippen MR) is 104 cm³/mol. The Morgan fingerprint density at radius 3 is 2.41 bits per heavy atom. The van der Waals surface area contributed by atoms with Gasteiger partial charge in [-0.3, -0.25) is 0 Å². The molecule has 0 aromatic carbocycles. The summed E-state index contributed by atoms with van der Waals surface area (Å²) in [5, 5.41) is 60.4. The standard InChI is InChI=1S/C21H36O8/c1-11-4-5-15(24)21(10-23)7-6-12(8-13(11)21)20(2,3)29-19-18(27)17(26)16(25)14(9-22)28-19/h12-19,22-27H,1,4-10H2,2-3H3/t12-,13-,14+,15+,16+,17-,18+,19-,21-/m0/s1. The van der Waals surface area contributed by atoms with Crippen molar-refractivity contribution in [3.63, 3.8) is 0 Å². The molecule has 3 fully saturated rings. The van der Waals surface area contributed by atoms with Crippen molar-refractivity contribution in [1.29, 1.82) is 0 Å². The summed E-state index contributed by atoms with van der Waals surface area (Å²) in [7, 11) is 0. The zero-order chi connectivity index (χ0) is 21.6. The van der Waals surface area contributed by atoms with Crippen LogP contribution in [-0.2, 0) is 9.47 Å². The van der Waals surface area contributed by atoms with E-state index in [1.54, 1.807) is 0 Å². The Morgan fingerprint density at radius 1 is 1.10 bits per heavy atom. The van der Waals surface area contributed by atoms with Gasteiger partial charge >= 0.3 is 0 Å². The zero-order valence-electron chi connectivity index (χ0n) is 17.3. The Labute approximate surface area is 171 Å². The van der Waals surface area contributed by atoms with Gasteiger partial charge in [0.25, 0.3) is 0 Å². The van der Waals surface area contributed by atoms with E-state index < -0.39 is 54.4 Å². The molecular weight excluding hydrogens is 380 g/mol. The third kappa shape index (κ3) is 4.02. The van der Waals surface area contributed by atoms with E-state index in [0.29, 0.717) is 25.7 Å². The fourth-order valence-electron chi connectivity index (χ4n) is 5.50. The van der Waals surface area contributed by atoms with Gasteiger partial charge in [-0.25, -0.2) is 0 Å². The monoisotopic (exact) mass is 416 g/mol. The first-order valence-corrected chi connectivity index (χ1v) is 10.5. The lowest BCUT2D eigenvalue weighted by Crippen LogP contribution is -2.61. The van der Waals surface area contributed by atoms with E-state index in [1.807, 2.05) is 13.8 Å². The third-order valence-corrected chi connectivity index (χ3v) is 7.61. The summed E-state index contributed by atoms with van der Waals surface area (Å²) in [5.41, 5.74) is -0.277. The maximum absolute atomic E-state index is 10.6. The number of hydrogen-bond donors (Lipinski definition) is 6. The average molecular weight is 417 g/mol. The summed E-state index contributed by atoms with van der Waals surface area (Å²) < 4.78 is 11.6. The first-order chi connectivity index (χ1) is 13.6. The Hall–Kier alpha value is -0.580. The third-order valence-electron chi connectivity index (χ3n) is 7.61. The minimum absolute atomic E-state index is 0.0207. The van der Waals surface area contributed by atoms with Crippen LogP contribution in [0.25, 0.3) is 0 Å². The molecule has 3 aliphatic rings. The van der Waals surface area contributed by atoms with Crippen molar-refractivity contribution in [2.45, 2.75) is 88.4 Å². The molecule has 6 N–H and O–H groups in total. The number of aliphatic hydroxyl groups excluding tert-OH is 6. The highest BCUT2D eigenvalue weighted by Gasteiger charge is 2.54. The molecule has 168 valence electrons. The molecule has 0 amide bonds. The molecule has 1 heterocycles. The van der Waals surface area contributed by atoms with Gasteiger partial charge in [0.1, 0.15) is 24.4 Å². The van der Waals surface area contributed by atoms with E-state index in [4.69, 9.17) is 9.47 Å². The van der Waals surface area contributed by atoms with Crippen molar-refractivity contribution >= 4 is 0 Å². The van der Waals surface area contributed by atoms with Gasteiger partial charge in [-0.1, -0.05) is 12.2 Å². The topological polar surface area (TPSA) is 140 Å². The summed E-state index contributed by atoms with van der Waals surface area (Å²) in [5.74, 6) is 0.0225. The lowest BCUT2D eigenvalue weighted by atomic mass is 9.53. The van der Waals surface area contributed by atoms with Gasteiger partial charge in [0.15, 0.2) is 6.29 Å². The van der Waals surface area contributed by atoms with Gasteiger partial charge in [0, 0.05) is 5.41 Å². The highest BCUT2D eigenvalue weighted by molar-refractivity contribution is 5.17. The molecule has 3 rings (SSSR count). The van der Waals surface area contributed by atoms with Crippen molar-refractivity contribution in [3.05, 3.63) is 12.2 Å². The van der Waals surface area contributed by atoms with Crippen LogP contribution >= 0.6 is 0 Å². The summed E-state index contributed by atoms with van der Waals surface area (Å²) in [6.07, 6.45) is -3.74. The molecule has 2 aliphatic carbocycles. The minimum Gasteiger partial charge on any atom is -0.396 e. The number of ether oxygens (including phenoxy) is 2. The van der Waals surface area contributed by atoms with Gasteiger partial charge in [-0.05, 0) is 57.8 Å². The zero-order valence-corrected chi connectivity index (χ0v) is 17.3. The maximum atomic E-state index is 10.6. The number of fused-ring (bicyclic) bond motifs is 1. The van der Waals surface area contributed by atoms with Crippen LogP contribution in [0.3, 0.4) is 0 Å². The Balaban J connectivity index is 1.74. The van der Waals surface area contributed by atoms with Crippen LogP contribution in [0.1, 0.15) is 46.0 Å². The van der Waals surface area contributed by atoms with Gasteiger partial charge < -0.3 is 40.1 Å². The molecule has 0 unspecified atom stereocenters. The lowest BCUT2D eigenvalue weighted by molar-refractivity contribution is -0.330. The second kappa shape index (κ2) is 8.51. The van der Waals surface area contributed by atoms with Crippen LogP contribution in [-0.4, -0.2) is 86.3 Å². The predicted octanol–water partition coefficient (Wildman–Crippen LogP) is -0.313. The van der Waals surface area contributed by atoms with Crippen molar-refractivity contribution in [3.8, 4) is 0 Å². The van der Waals surface area contributed by atoms with E-state index in [2.05, 4.69) is 6.58 Å². The van der Waals surface area contributed by atoms with Gasteiger partial charge in [0.2, 0.25) is 0 Å². The van der Waals surface area contributed by atoms with Crippen molar-refractivity contribution in [2.24, 2.45) is 17.3 Å². The summed E-state index contributed by atoms with van der Waals surface area (Å²) in [6, 6.07) is 0. The number of aliphatic hydroxyl groups is 6. The van der Waals surface area contributed by atoms with Gasteiger partial charge in [0.05, 0.1) is 24.9 Å². The molecule has 9 atom stereocenters. The van der Waals surface area contributed by atoms with Crippen molar-refractivity contribution in [2.75, 3.05) is 13.2 Å². The Bertz CT molecular complexity index is 593. The highest BCUT2D eigenvalue weighted by atomic mass is 16.7. The van der Waals surface area contributed by atoms with E-state index in [9.17, 15) is 30.6 Å². The molecule has 1 aliphatic heterocycles. The second-order valence-corrected chi connectivity index (χ2v) is 9.55. The molecule has 29 heavy (non-hydrogen) atoms. The molecule has 0 aromatic rings. The molecular formula is C21H36O8. The van der Waals surface area contributed by atoms with E-state index in [1.165, 1.54) is 0 Å². The summed E-state index contributed by atoms with van der Waals surface area (Å²) in [6.45, 7) is 7.37. The summed E-state index contributed by atoms with van der Waals surface area (Å²) in [4.78, 5) is 0. The minimum atomic E-state index is -1.48. The van der Waals surface area contributed by atoms with Crippen LogP contribution in [0.4, 0.5) is 0 Å². The Morgan fingerprint density at radius 2 is 1.79 bits per heavy atom. The number of hydrogen-bond acceptors (Lipinski definition) is 8. The largest absolute Gasteiger partial charge is 0.396 e. The molecule has 8 nitrogen and oxygen atoms in total. The quantitative estimate of drug-likeness (QED) is 0.335. The molecule has 0 spiro atoms. The van der Waals surface area contributed by atoms with Gasteiger partial charge in [-0.15, -0.1) is 0 Å².